The maximum atomic E-state index is 12.6. The molecule has 0 radical (unpaired) electrons. The van der Waals surface area contributed by atoms with Crippen LogP contribution in [0.5, 0.6) is 5.75 Å². The van der Waals surface area contributed by atoms with Crippen LogP contribution in [0.15, 0.2) is 48.5 Å². The summed E-state index contributed by atoms with van der Waals surface area (Å²) in [4.78, 5) is 38.7. The molecule has 0 aliphatic heterocycles. The van der Waals surface area contributed by atoms with Crippen molar-refractivity contribution in [1.82, 2.24) is 4.90 Å². The minimum absolute atomic E-state index is 0.108. The summed E-state index contributed by atoms with van der Waals surface area (Å²) in [7, 11) is 1.58. The lowest BCUT2D eigenvalue weighted by molar-refractivity contribution is -0.134. The van der Waals surface area contributed by atoms with Gasteiger partial charge in [-0.25, -0.2) is 4.79 Å². The second-order valence-electron chi connectivity index (χ2n) is 7.21. The zero-order valence-corrected chi connectivity index (χ0v) is 19.0. The van der Waals surface area contributed by atoms with Crippen LogP contribution in [0.3, 0.4) is 0 Å². The van der Waals surface area contributed by atoms with Crippen LogP contribution in [0.1, 0.15) is 35.2 Å². The van der Waals surface area contributed by atoms with Crippen LogP contribution < -0.4 is 10.1 Å². The third-order valence-electron chi connectivity index (χ3n) is 4.89. The normalized spacial score (nSPS) is 9.85. The average molecular weight is 463 g/mol. The molecule has 34 heavy (non-hydrogen) atoms. The predicted molar refractivity (Wildman–Crippen MR) is 124 cm³/mol. The summed E-state index contributed by atoms with van der Waals surface area (Å²) in [6.07, 6.45) is 0.937. The van der Waals surface area contributed by atoms with Gasteiger partial charge in [0.05, 0.1) is 43.3 Å². The van der Waals surface area contributed by atoms with Gasteiger partial charge in [0.15, 0.2) is 6.61 Å². The summed E-state index contributed by atoms with van der Waals surface area (Å²) in [6.45, 7) is -0.236. The molecule has 2 aromatic carbocycles. The van der Waals surface area contributed by atoms with Crippen LogP contribution in [-0.2, 0) is 20.7 Å². The van der Waals surface area contributed by atoms with E-state index in [0.29, 0.717) is 6.42 Å². The van der Waals surface area contributed by atoms with Gasteiger partial charge in [0.25, 0.3) is 5.91 Å². The molecule has 1 N–H and O–H groups in total. The largest absolute Gasteiger partial charge is 0.497 e. The molecule has 9 nitrogen and oxygen atoms in total. The van der Waals surface area contributed by atoms with Crippen LogP contribution in [0.2, 0.25) is 0 Å². The summed E-state index contributed by atoms with van der Waals surface area (Å²) in [5.74, 6) is -0.802. The molecule has 0 heterocycles. The van der Waals surface area contributed by atoms with E-state index in [9.17, 15) is 14.4 Å². The monoisotopic (exact) mass is 462 g/mol. The van der Waals surface area contributed by atoms with Gasteiger partial charge in [-0.15, -0.1) is 0 Å². The molecule has 0 aliphatic rings. The van der Waals surface area contributed by atoms with Crippen LogP contribution >= 0.6 is 0 Å². The molecule has 2 amide bonds. The molecule has 0 aliphatic carbocycles. The number of rotatable bonds is 12. The Labute approximate surface area is 198 Å². The summed E-state index contributed by atoms with van der Waals surface area (Å²) in [6, 6.07) is 17.7. The molecule has 0 spiro atoms. The van der Waals surface area contributed by atoms with Crippen molar-refractivity contribution in [2.24, 2.45) is 0 Å². The SMILES string of the molecule is COc1ccc(CCC(=O)Nc2ccccc2C(=O)OCC(=O)N(CCC#N)CCC#N)cc1. The molecular formula is C25H26N4O5. The summed E-state index contributed by atoms with van der Waals surface area (Å²) < 4.78 is 10.3. The number of carbonyl (C=O) groups excluding carboxylic acids is 3. The quantitative estimate of drug-likeness (QED) is 0.479. The Morgan fingerprint density at radius 3 is 2.24 bits per heavy atom. The first kappa shape index (κ1) is 25.9. The first-order valence-corrected chi connectivity index (χ1v) is 10.7. The smallest absolute Gasteiger partial charge is 0.340 e. The highest BCUT2D eigenvalue weighted by Crippen LogP contribution is 2.18. The Balaban J connectivity index is 1.94. The number of ether oxygens (including phenoxy) is 2. The van der Waals surface area contributed by atoms with Crippen molar-refractivity contribution in [3.05, 3.63) is 59.7 Å². The molecule has 9 heteroatoms. The summed E-state index contributed by atoms with van der Waals surface area (Å²) in [5.41, 5.74) is 1.37. The van der Waals surface area contributed by atoms with E-state index in [4.69, 9.17) is 20.0 Å². The number of nitrogens with one attached hydrogen (secondary N) is 1. The van der Waals surface area contributed by atoms with Crippen molar-refractivity contribution >= 4 is 23.5 Å². The van der Waals surface area contributed by atoms with E-state index in [1.54, 1.807) is 25.3 Å². The zero-order chi connectivity index (χ0) is 24.8. The second kappa shape index (κ2) is 13.9. The number of aryl methyl sites for hydroxylation is 1. The molecule has 0 unspecified atom stereocenters. The first-order chi connectivity index (χ1) is 16.5. The van der Waals surface area contributed by atoms with Crippen molar-refractivity contribution in [3.8, 4) is 17.9 Å². The molecule has 0 saturated heterocycles. The molecular weight excluding hydrogens is 436 g/mol. The molecule has 0 aromatic heterocycles. The molecule has 2 rings (SSSR count). The molecule has 0 fully saturated rings. The Kier molecular flexibility index (Phi) is 10.6. The third kappa shape index (κ3) is 8.29. The maximum absolute atomic E-state index is 12.6. The number of anilines is 1. The van der Waals surface area contributed by atoms with Gasteiger partial charge >= 0.3 is 5.97 Å². The number of para-hydroxylation sites is 1. The van der Waals surface area contributed by atoms with Gasteiger partial charge in [-0.1, -0.05) is 24.3 Å². The number of esters is 1. The first-order valence-electron chi connectivity index (χ1n) is 10.7. The minimum atomic E-state index is -0.764. The fourth-order valence-corrected chi connectivity index (χ4v) is 3.06. The Morgan fingerprint density at radius 2 is 1.62 bits per heavy atom. The van der Waals surface area contributed by atoms with Gasteiger partial charge < -0.3 is 19.7 Å². The Morgan fingerprint density at radius 1 is 0.971 bits per heavy atom. The zero-order valence-electron chi connectivity index (χ0n) is 19.0. The molecule has 0 bridgehead atoms. The highest BCUT2D eigenvalue weighted by molar-refractivity contribution is 6.01. The third-order valence-corrected chi connectivity index (χ3v) is 4.89. The van der Waals surface area contributed by atoms with Crippen molar-refractivity contribution < 1.29 is 23.9 Å². The van der Waals surface area contributed by atoms with Crippen LogP contribution in [0.4, 0.5) is 5.69 Å². The number of hydrogen-bond acceptors (Lipinski definition) is 7. The molecule has 2 aromatic rings. The van der Waals surface area contributed by atoms with Crippen molar-refractivity contribution in [2.75, 3.05) is 32.1 Å². The number of methoxy groups -OCH3 is 1. The lowest BCUT2D eigenvalue weighted by Crippen LogP contribution is -2.36. The highest BCUT2D eigenvalue weighted by atomic mass is 16.5. The highest BCUT2D eigenvalue weighted by Gasteiger charge is 2.19. The number of benzene rings is 2. The van der Waals surface area contributed by atoms with E-state index in [2.05, 4.69) is 5.32 Å². The van der Waals surface area contributed by atoms with Gasteiger partial charge in [-0.05, 0) is 36.2 Å². The Hall–Kier alpha value is -4.37. The standard InChI is InChI=1S/C25H26N4O5/c1-33-20-11-8-19(9-12-20)10-13-23(30)28-22-7-3-2-6-21(22)25(32)34-18-24(31)29(16-4-14-26)17-5-15-27/h2-3,6-9,11-12H,4-5,10,13,16-18H2,1H3,(H,28,30). The van der Waals surface area contributed by atoms with Gasteiger partial charge in [-0.2, -0.15) is 10.5 Å². The summed E-state index contributed by atoms with van der Waals surface area (Å²) in [5, 5.41) is 20.2. The lowest BCUT2D eigenvalue weighted by atomic mass is 10.1. The minimum Gasteiger partial charge on any atom is -0.497 e. The van der Waals surface area contributed by atoms with Crippen LogP contribution in [-0.4, -0.2) is 49.5 Å². The van der Waals surface area contributed by atoms with E-state index in [-0.39, 0.29) is 49.5 Å². The number of amides is 2. The molecule has 0 saturated carbocycles. The van der Waals surface area contributed by atoms with Gasteiger partial charge in [0, 0.05) is 19.5 Å². The van der Waals surface area contributed by atoms with E-state index in [1.807, 2.05) is 36.4 Å². The van der Waals surface area contributed by atoms with E-state index in [1.165, 1.54) is 11.0 Å². The molecule has 176 valence electrons. The fourth-order valence-electron chi connectivity index (χ4n) is 3.06. The lowest BCUT2D eigenvalue weighted by Gasteiger charge is -2.20. The van der Waals surface area contributed by atoms with E-state index in [0.717, 1.165) is 11.3 Å². The number of hydrogen-bond donors (Lipinski definition) is 1. The summed E-state index contributed by atoms with van der Waals surface area (Å²) >= 11 is 0. The average Bonchev–Trinajstić information content (AvgIpc) is 2.86. The van der Waals surface area contributed by atoms with Gasteiger partial charge in [-0.3, -0.25) is 9.59 Å². The molecule has 0 atom stereocenters. The van der Waals surface area contributed by atoms with Crippen molar-refractivity contribution in [3.63, 3.8) is 0 Å². The van der Waals surface area contributed by atoms with Gasteiger partial charge in [0.1, 0.15) is 5.75 Å². The maximum Gasteiger partial charge on any atom is 0.340 e. The van der Waals surface area contributed by atoms with Gasteiger partial charge in [0.2, 0.25) is 5.91 Å². The van der Waals surface area contributed by atoms with E-state index >= 15 is 0 Å². The van der Waals surface area contributed by atoms with Crippen LogP contribution in [0.25, 0.3) is 0 Å². The van der Waals surface area contributed by atoms with Crippen LogP contribution in [0, 0.1) is 22.7 Å². The second-order valence-corrected chi connectivity index (χ2v) is 7.21. The number of carbonyl (C=O) groups is 3. The van der Waals surface area contributed by atoms with Crippen molar-refractivity contribution in [1.29, 1.82) is 10.5 Å². The van der Waals surface area contributed by atoms with Crippen molar-refractivity contribution in [2.45, 2.75) is 25.7 Å². The van der Waals surface area contributed by atoms with E-state index < -0.39 is 18.5 Å². The number of nitriles is 2. The topological polar surface area (TPSA) is 133 Å². The number of nitrogens with zero attached hydrogens (tertiary/aromatic N) is 3. The fraction of sp³-hybridized carbons (Fsp3) is 0.320. The predicted octanol–water partition coefficient (Wildman–Crippen LogP) is 3.08. The Bertz CT molecular complexity index is 1050.